The number of benzene rings is 2. The van der Waals surface area contributed by atoms with Crippen molar-refractivity contribution in [1.29, 1.82) is 0 Å². The van der Waals surface area contributed by atoms with Crippen LogP contribution in [0, 0.1) is 0 Å². The van der Waals surface area contributed by atoms with E-state index in [1.54, 1.807) is 14.2 Å². The predicted molar refractivity (Wildman–Crippen MR) is 104 cm³/mol. The van der Waals surface area contributed by atoms with Crippen molar-refractivity contribution in [2.24, 2.45) is 0 Å². The Balaban J connectivity index is 2.45. The number of fused-ring (bicyclic) bond motifs is 1. The van der Waals surface area contributed by atoms with Gasteiger partial charge in [0.15, 0.2) is 0 Å². The molecule has 0 radical (unpaired) electrons. The first-order valence-corrected chi connectivity index (χ1v) is 8.35. The zero-order chi connectivity index (χ0) is 18.9. The molecule has 3 rings (SSSR count). The number of allylic oxidation sites excluding steroid dienone is 1. The van der Waals surface area contributed by atoms with Gasteiger partial charge >= 0.3 is 5.63 Å². The highest BCUT2D eigenvalue weighted by atomic mass is 16.5. The highest BCUT2D eigenvalue weighted by Crippen LogP contribution is 2.43. The zero-order valence-electron chi connectivity index (χ0n) is 15.5. The molecule has 1 heterocycles. The molecule has 0 unspecified atom stereocenters. The lowest BCUT2D eigenvalue weighted by atomic mass is 9.82. The quantitative estimate of drug-likeness (QED) is 0.483. The Kier molecular flexibility index (Phi) is 4.60. The van der Waals surface area contributed by atoms with Gasteiger partial charge in [-0.05, 0) is 11.6 Å². The number of ether oxygens (including phenoxy) is 2. The summed E-state index contributed by atoms with van der Waals surface area (Å²) < 4.78 is 16.9. The summed E-state index contributed by atoms with van der Waals surface area (Å²) in [6.45, 7) is 7.90. The van der Waals surface area contributed by atoms with E-state index in [1.807, 2.05) is 62.4 Å². The van der Waals surface area contributed by atoms with Crippen LogP contribution in [0.5, 0.6) is 11.5 Å². The van der Waals surface area contributed by atoms with E-state index in [4.69, 9.17) is 13.9 Å². The standard InChI is InChI=1S/C22H22O4/c1-6-22(2,3)19-18(25-5)13-17(24-4)16-12-15(21(23)26-20(16)19)14-10-8-7-9-11-14/h6-13H,1H2,2-5H3. The van der Waals surface area contributed by atoms with Gasteiger partial charge < -0.3 is 13.9 Å². The van der Waals surface area contributed by atoms with Crippen LogP contribution in [0.2, 0.25) is 0 Å². The van der Waals surface area contributed by atoms with Crippen LogP contribution in [-0.4, -0.2) is 14.2 Å². The largest absolute Gasteiger partial charge is 0.496 e. The van der Waals surface area contributed by atoms with Crippen LogP contribution in [0.4, 0.5) is 0 Å². The molecule has 0 spiro atoms. The highest BCUT2D eigenvalue weighted by molar-refractivity contribution is 5.92. The molecule has 0 saturated carbocycles. The SMILES string of the molecule is C=CC(C)(C)c1c(OC)cc(OC)c2cc(-c3ccccc3)c(=O)oc12. The maximum atomic E-state index is 12.7. The molecule has 0 fully saturated rings. The average Bonchev–Trinajstić information content (AvgIpc) is 2.66. The Hall–Kier alpha value is -3.01. The topological polar surface area (TPSA) is 48.7 Å². The molecule has 3 aromatic rings. The number of rotatable bonds is 5. The van der Waals surface area contributed by atoms with Crippen LogP contribution in [0.3, 0.4) is 0 Å². The van der Waals surface area contributed by atoms with E-state index in [9.17, 15) is 4.79 Å². The summed E-state index contributed by atoms with van der Waals surface area (Å²) in [6, 6.07) is 13.1. The number of methoxy groups -OCH3 is 2. The van der Waals surface area contributed by atoms with Gasteiger partial charge in [0.05, 0.1) is 25.2 Å². The van der Waals surface area contributed by atoms with Crippen molar-refractivity contribution in [3.63, 3.8) is 0 Å². The first kappa shape index (κ1) is 17.8. The second kappa shape index (κ2) is 6.71. The second-order valence-electron chi connectivity index (χ2n) is 6.64. The minimum Gasteiger partial charge on any atom is -0.496 e. The molecule has 0 saturated heterocycles. The molecule has 4 nitrogen and oxygen atoms in total. The maximum absolute atomic E-state index is 12.7. The summed E-state index contributed by atoms with van der Waals surface area (Å²) in [5.74, 6) is 1.18. The Bertz CT molecular complexity index is 1010. The minimum absolute atomic E-state index is 0.403. The van der Waals surface area contributed by atoms with Crippen molar-refractivity contribution in [3.8, 4) is 22.6 Å². The van der Waals surface area contributed by atoms with Gasteiger partial charge in [0.25, 0.3) is 0 Å². The summed E-state index contributed by atoms with van der Waals surface area (Å²) in [5, 5.41) is 0.719. The molecule has 134 valence electrons. The lowest BCUT2D eigenvalue weighted by Gasteiger charge is -2.25. The fourth-order valence-electron chi connectivity index (χ4n) is 3.08. The van der Waals surface area contributed by atoms with E-state index in [0.717, 1.165) is 16.5 Å². The van der Waals surface area contributed by atoms with Gasteiger partial charge in [-0.25, -0.2) is 4.79 Å². The smallest absolute Gasteiger partial charge is 0.344 e. The minimum atomic E-state index is -0.458. The summed E-state index contributed by atoms with van der Waals surface area (Å²) in [4.78, 5) is 12.7. The summed E-state index contributed by atoms with van der Waals surface area (Å²) >= 11 is 0. The molecular formula is C22H22O4. The van der Waals surface area contributed by atoms with Crippen molar-refractivity contribution >= 4 is 11.0 Å². The maximum Gasteiger partial charge on any atom is 0.344 e. The van der Waals surface area contributed by atoms with Crippen molar-refractivity contribution in [1.82, 2.24) is 0 Å². The molecular weight excluding hydrogens is 328 g/mol. The van der Waals surface area contributed by atoms with E-state index in [0.29, 0.717) is 22.6 Å². The normalized spacial score (nSPS) is 11.4. The molecule has 2 aromatic carbocycles. The van der Waals surface area contributed by atoms with Crippen LogP contribution in [0.1, 0.15) is 19.4 Å². The van der Waals surface area contributed by atoms with Crippen LogP contribution < -0.4 is 15.1 Å². The van der Waals surface area contributed by atoms with Gasteiger partial charge in [-0.15, -0.1) is 6.58 Å². The molecule has 0 amide bonds. The highest BCUT2D eigenvalue weighted by Gasteiger charge is 2.28. The average molecular weight is 350 g/mol. The van der Waals surface area contributed by atoms with Gasteiger partial charge in [0, 0.05) is 17.0 Å². The molecule has 26 heavy (non-hydrogen) atoms. The van der Waals surface area contributed by atoms with Gasteiger partial charge in [0.2, 0.25) is 0 Å². The monoisotopic (exact) mass is 350 g/mol. The Morgan fingerprint density at radius 1 is 1.04 bits per heavy atom. The molecule has 0 atom stereocenters. The van der Waals surface area contributed by atoms with E-state index in [-0.39, 0.29) is 0 Å². The molecule has 4 heteroatoms. The second-order valence-corrected chi connectivity index (χ2v) is 6.64. The Labute approximate surface area is 152 Å². The summed E-state index contributed by atoms with van der Waals surface area (Å²) in [7, 11) is 3.17. The molecule has 1 aromatic heterocycles. The molecule has 0 aliphatic rings. The first-order chi connectivity index (χ1) is 12.4. The third-order valence-corrected chi connectivity index (χ3v) is 4.63. The van der Waals surface area contributed by atoms with Gasteiger partial charge in [-0.1, -0.05) is 50.3 Å². The zero-order valence-corrected chi connectivity index (χ0v) is 15.5. The Morgan fingerprint density at radius 3 is 2.27 bits per heavy atom. The van der Waals surface area contributed by atoms with Crippen molar-refractivity contribution < 1.29 is 13.9 Å². The first-order valence-electron chi connectivity index (χ1n) is 8.35. The van der Waals surface area contributed by atoms with E-state index in [2.05, 4.69) is 6.58 Å². The summed E-state index contributed by atoms with van der Waals surface area (Å²) in [6.07, 6.45) is 1.81. The van der Waals surface area contributed by atoms with Crippen molar-refractivity contribution in [2.45, 2.75) is 19.3 Å². The van der Waals surface area contributed by atoms with E-state index >= 15 is 0 Å². The fourth-order valence-corrected chi connectivity index (χ4v) is 3.08. The third kappa shape index (κ3) is 2.88. The number of hydrogen-bond donors (Lipinski definition) is 0. The molecule has 0 N–H and O–H groups in total. The van der Waals surface area contributed by atoms with E-state index in [1.165, 1.54) is 0 Å². The lowest BCUT2D eigenvalue weighted by Crippen LogP contribution is -2.16. The summed E-state index contributed by atoms with van der Waals surface area (Å²) in [5.41, 5.74) is 1.65. The van der Waals surface area contributed by atoms with Crippen LogP contribution >= 0.6 is 0 Å². The Morgan fingerprint density at radius 2 is 1.69 bits per heavy atom. The number of hydrogen-bond acceptors (Lipinski definition) is 4. The van der Waals surface area contributed by atoms with E-state index < -0.39 is 11.0 Å². The van der Waals surface area contributed by atoms with Crippen molar-refractivity contribution in [2.75, 3.05) is 14.2 Å². The van der Waals surface area contributed by atoms with Gasteiger partial charge in [-0.2, -0.15) is 0 Å². The fraction of sp³-hybridized carbons (Fsp3) is 0.227. The third-order valence-electron chi connectivity index (χ3n) is 4.63. The van der Waals surface area contributed by atoms with Gasteiger partial charge in [-0.3, -0.25) is 0 Å². The molecule has 0 bridgehead atoms. The van der Waals surface area contributed by atoms with Crippen LogP contribution in [0.25, 0.3) is 22.1 Å². The van der Waals surface area contributed by atoms with Crippen LogP contribution in [0.15, 0.2) is 64.3 Å². The van der Waals surface area contributed by atoms with Crippen LogP contribution in [-0.2, 0) is 5.41 Å². The lowest BCUT2D eigenvalue weighted by molar-refractivity contribution is 0.386. The van der Waals surface area contributed by atoms with Crippen molar-refractivity contribution in [3.05, 3.63) is 71.1 Å². The van der Waals surface area contributed by atoms with Gasteiger partial charge in [0.1, 0.15) is 17.1 Å². The predicted octanol–water partition coefficient (Wildman–Crippen LogP) is 4.94. The molecule has 0 aliphatic heterocycles. The molecule has 0 aliphatic carbocycles.